The van der Waals surface area contributed by atoms with Crippen LogP contribution >= 0.6 is 0 Å². The Morgan fingerprint density at radius 3 is 2.35 bits per heavy atom. The maximum Gasteiger partial charge on any atom is 0.220 e. The third kappa shape index (κ3) is 1.80. The molecule has 1 saturated heterocycles. The van der Waals surface area contributed by atoms with Crippen LogP contribution in [0.25, 0.3) is 0 Å². The highest BCUT2D eigenvalue weighted by Crippen LogP contribution is 2.57. The molecule has 96 valence electrons. The molecule has 0 radical (unpaired) electrons. The Morgan fingerprint density at radius 1 is 1.12 bits per heavy atom. The Hall–Kier alpha value is -0.530. The summed E-state index contributed by atoms with van der Waals surface area (Å²) in [6.45, 7) is 2.22. The third-order valence-corrected chi connectivity index (χ3v) is 5.97. The summed E-state index contributed by atoms with van der Waals surface area (Å²) in [4.78, 5) is 11.7. The molecular weight excluding hydrogens is 210 g/mol. The third-order valence-electron chi connectivity index (χ3n) is 5.97. The molecule has 17 heavy (non-hydrogen) atoms. The van der Waals surface area contributed by atoms with Crippen LogP contribution in [0.4, 0.5) is 0 Å². The summed E-state index contributed by atoms with van der Waals surface area (Å²) in [5, 5.41) is 3.20. The molecule has 2 nitrogen and oxygen atoms in total. The Morgan fingerprint density at radius 2 is 1.76 bits per heavy atom. The van der Waals surface area contributed by atoms with Gasteiger partial charge in [0.2, 0.25) is 5.91 Å². The zero-order valence-corrected chi connectivity index (χ0v) is 11.1. The molecule has 1 atom stereocenters. The number of hydrogen-bond donors (Lipinski definition) is 1. The molecule has 3 aliphatic rings. The second kappa shape index (κ2) is 4.00. The first-order valence-corrected chi connectivity index (χ1v) is 7.48. The van der Waals surface area contributed by atoms with E-state index in [4.69, 9.17) is 0 Å². The van der Waals surface area contributed by atoms with Gasteiger partial charge < -0.3 is 5.32 Å². The molecule has 1 unspecified atom stereocenters. The van der Waals surface area contributed by atoms with Gasteiger partial charge in [-0.1, -0.05) is 19.8 Å². The van der Waals surface area contributed by atoms with Gasteiger partial charge in [-0.3, -0.25) is 4.79 Å². The van der Waals surface area contributed by atoms with E-state index in [9.17, 15) is 4.79 Å². The zero-order valence-electron chi connectivity index (χ0n) is 11.1. The van der Waals surface area contributed by atoms with E-state index in [1.54, 1.807) is 0 Å². The van der Waals surface area contributed by atoms with E-state index in [1.165, 1.54) is 51.4 Å². The number of hydrogen-bond acceptors (Lipinski definition) is 1. The molecule has 0 aromatic rings. The summed E-state index contributed by atoms with van der Waals surface area (Å²) in [5.74, 6) is 0.305. The van der Waals surface area contributed by atoms with Crippen molar-refractivity contribution in [3.63, 3.8) is 0 Å². The highest BCUT2D eigenvalue weighted by Gasteiger charge is 2.51. The summed E-state index contributed by atoms with van der Waals surface area (Å²) in [7, 11) is 0. The Balaban J connectivity index is 1.72. The largest absolute Gasteiger partial charge is 0.353 e. The lowest BCUT2D eigenvalue weighted by molar-refractivity contribution is -0.120. The minimum Gasteiger partial charge on any atom is -0.353 e. The summed E-state index contributed by atoms with van der Waals surface area (Å²) < 4.78 is 0. The van der Waals surface area contributed by atoms with Crippen LogP contribution in [0, 0.1) is 10.8 Å². The second-order valence-electron chi connectivity index (χ2n) is 6.77. The topological polar surface area (TPSA) is 29.1 Å². The quantitative estimate of drug-likeness (QED) is 0.741. The fourth-order valence-corrected chi connectivity index (χ4v) is 4.80. The summed E-state index contributed by atoms with van der Waals surface area (Å²) in [6, 6.07) is 0.466. The summed E-state index contributed by atoms with van der Waals surface area (Å²) >= 11 is 0. The van der Waals surface area contributed by atoms with Crippen LogP contribution in [0.2, 0.25) is 0 Å². The average molecular weight is 235 g/mol. The molecule has 1 N–H and O–H groups in total. The van der Waals surface area contributed by atoms with Crippen LogP contribution < -0.4 is 5.32 Å². The monoisotopic (exact) mass is 235 g/mol. The van der Waals surface area contributed by atoms with Crippen molar-refractivity contribution in [2.24, 2.45) is 10.8 Å². The number of carbonyl (C=O) groups excluding carboxylic acids is 1. The van der Waals surface area contributed by atoms with Crippen molar-refractivity contribution in [1.82, 2.24) is 5.32 Å². The first-order chi connectivity index (χ1) is 8.18. The molecule has 0 aromatic heterocycles. The van der Waals surface area contributed by atoms with Crippen LogP contribution in [0.1, 0.15) is 71.1 Å². The first kappa shape index (κ1) is 11.6. The maximum atomic E-state index is 11.7. The van der Waals surface area contributed by atoms with Gasteiger partial charge in [0.15, 0.2) is 0 Å². The van der Waals surface area contributed by atoms with Crippen LogP contribution in [-0.2, 0) is 4.79 Å². The summed E-state index contributed by atoms with van der Waals surface area (Å²) in [6.07, 6.45) is 13.1. The van der Waals surface area contributed by atoms with Crippen molar-refractivity contribution >= 4 is 5.91 Å². The number of rotatable bonds is 1. The van der Waals surface area contributed by atoms with E-state index < -0.39 is 0 Å². The normalized spacial score (nSPS) is 34.4. The van der Waals surface area contributed by atoms with Crippen LogP contribution in [0.15, 0.2) is 0 Å². The molecule has 1 heterocycles. The van der Waals surface area contributed by atoms with Gasteiger partial charge in [-0.05, 0) is 55.8 Å². The van der Waals surface area contributed by atoms with Crippen molar-refractivity contribution < 1.29 is 4.79 Å². The van der Waals surface area contributed by atoms with Gasteiger partial charge in [-0.15, -0.1) is 0 Å². The fraction of sp³-hybridized carbons (Fsp3) is 0.933. The Labute approximate surface area is 105 Å². The lowest BCUT2D eigenvalue weighted by Crippen LogP contribution is -2.41. The van der Waals surface area contributed by atoms with Gasteiger partial charge in [0.25, 0.3) is 0 Å². The zero-order chi connectivity index (χ0) is 11.9. The van der Waals surface area contributed by atoms with Crippen molar-refractivity contribution in [3.05, 3.63) is 0 Å². The fourth-order valence-electron chi connectivity index (χ4n) is 4.80. The minimum atomic E-state index is 0.305. The molecule has 2 saturated carbocycles. The summed E-state index contributed by atoms with van der Waals surface area (Å²) in [5.41, 5.74) is 1.02. The van der Waals surface area contributed by atoms with Crippen LogP contribution in [0.5, 0.6) is 0 Å². The Kier molecular flexibility index (Phi) is 2.72. The minimum absolute atomic E-state index is 0.305. The second-order valence-corrected chi connectivity index (χ2v) is 6.77. The van der Waals surface area contributed by atoms with E-state index in [1.807, 2.05) is 0 Å². The molecule has 1 aliphatic heterocycles. The molecule has 3 fully saturated rings. The number of nitrogens with one attached hydrogen (secondary N) is 1. The van der Waals surface area contributed by atoms with Crippen LogP contribution in [0.3, 0.4) is 0 Å². The average Bonchev–Trinajstić information content (AvgIpc) is 2.89. The van der Waals surface area contributed by atoms with Gasteiger partial charge in [-0.25, -0.2) is 0 Å². The van der Waals surface area contributed by atoms with E-state index in [2.05, 4.69) is 12.2 Å². The first-order valence-electron chi connectivity index (χ1n) is 7.48. The standard InChI is InChI=1S/C15H25NO/c1-2-12-15(11-13(17)16-12)9-7-14(8-10-15)5-3-4-6-14/h12H,2-11H2,1H3,(H,16,17). The highest BCUT2D eigenvalue weighted by atomic mass is 16.2. The lowest BCUT2D eigenvalue weighted by atomic mass is 9.60. The molecule has 2 heteroatoms. The number of amides is 1. The van der Waals surface area contributed by atoms with E-state index in [0.717, 1.165) is 12.8 Å². The Bertz CT molecular complexity index is 307. The van der Waals surface area contributed by atoms with Gasteiger partial charge in [0, 0.05) is 12.5 Å². The van der Waals surface area contributed by atoms with Gasteiger partial charge in [0.05, 0.1) is 0 Å². The van der Waals surface area contributed by atoms with Crippen molar-refractivity contribution in [3.8, 4) is 0 Å². The molecular formula is C15H25NO. The van der Waals surface area contributed by atoms with Gasteiger partial charge in [0.1, 0.15) is 0 Å². The van der Waals surface area contributed by atoms with Crippen LogP contribution in [-0.4, -0.2) is 11.9 Å². The highest BCUT2D eigenvalue weighted by molar-refractivity contribution is 5.80. The number of carbonyl (C=O) groups is 1. The molecule has 1 amide bonds. The van der Waals surface area contributed by atoms with Gasteiger partial charge >= 0.3 is 0 Å². The predicted octanol–water partition coefficient (Wildman–Crippen LogP) is 3.41. The van der Waals surface area contributed by atoms with E-state index >= 15 is 0 Å². The van der Waals surface area contributed by atoms with Crippen molar-refractivity contribution in [2.75, 3.05) is 0 Å². The van der Waals surface area contributed by atoms with Crippen molar-refractivity contribution in [1.29, 1.82) is 0 Å². The van der Waals surface area contributed by atoms with Gasteiger partial charge in [-0.2, -0.15) is 0 Å². The smallest absolute Gasteiger partial charge is 0.220 e. The van der Waals surface area contributed by atoms with E-state index in [0.29, 0.717) is 22.8 Å². The SMILES string of the molecule is CCC1NC(=O)CC12CCC1(CCCC1)CC2. The maximum absolute atomic E-state index is 11.7. The molecule has 2 aliphatic carbocycles. The molecule has 2 spiro atoms. The molecule has 0 bridgehead atoms. The van der Waals surface area contributed by atoms with Crippen molar-refractivity contribution in [2.45, 2.75) is 77.2 Å². The predicted molar refractivity (Wildman–Crippen MR) is 68.6 cm³/mol. The molecule has 0 aromatic carbocycles. The molecule has 3 rings (SSSR count). The van der Waals surface area contributed by atoms with E-state index in [-0.39, 0.29) is 0 Å². The lowest BCUT2D eigenvalue weighted by Gasteiger charge is -2.45.